The van der Waals surface area contributed by atoms with Crippen molar-refractivity contribution in [3.63, 3.8) is 0 Å². The van der Waals surface area contributed by atoms with Crippen molar-refractivity contribution in [1.82, 2.24) is 14.8 Å². The highest BCUT2D eigenvalue weighted by Gasteiger charge is 2.23. The lowest BCUT2D eigenvalue weighted by atomic mass is 9.94. The Balaban J connectivity index is 1.40. The second kappa shape index (κ2) is 7.99. The largest absolute Gasteiger partial charge is 0.444 e. The summed E-state index contributed by atoms with van der Waals surface area (Å²) in [6.45, 7) is 10.3. The highest BCUT2D eigenvalue weighted by atomic mass is 16.4. The second-order valence-corrected chi connectivity index (χ2v) is 8.85. The Labute approximate surface area is 172 Å². The van der Waals surface area contributed by atoms with Gasteiger partial charge >= 0.3 is 0 Å². The Bertz CT molecular complexity index is 1000. The number of carbonyl (C=O) groups is 1. The minimum Gasteiger partial charge on any atom is -0.444 e. The number of nitrogens with zero attached hydrogens (tertiary/aromatic N) is 3. The van der Waals surface area contributed by atoms with Crippen molar-refractivity contribution < 1.29 is 9.21 Å². The summed E-state index contributed by atoms with van der Waals surface area (Å²) in [6.07, 6.45) is 2.79. The number of aromatic nitrogens is 1. The predicted octanol–water partition coefficient (Wildman–Crippen LogP) is 4.47. The third-order valence-electron chi connectivity index (χ3n) is 5.52. The van der Waals surface area contributed by atoms with Crippen molar-refractivity contribution in [2.45, 2.75) is 39.2 Å². The maximum Gasteiger partial charge on any atom is 0.253 e. The van der Waals surface area contributed by atoms with Gasteiger partial charge in [-0.25, -0.2) is 4.98 Å². The molecule has 2 aromatic carbocycles. The topological polar surface area (TPSA) is 49.6 Å². The number of amides is 1. The lowest BCUT2D eigenvalue weighted by Crippen LogP contribution is -2.35. The minimum atomic E-state index is -0.0346. The van der Waals surface area contributed by atoms with Crippen LogP contribution in [0.3, 0.4) is 0 Å². The summed E-state index contributed by atoms with van der Waals surface area (Å²) in [4.78, 5) is 21.8. The number of rotatable bonds is 3. The molecule has 3 aromatic rings. The average Bonchev–Trinajstić information content (AvgIpc) is 3.06. The first kappa shape index (κ1) is 19.6. The highest BCUT2D eigenvalue weighted by Crippen LogP contribution is 2.23. The number of carbonyl (C=O) groups excluding carboxylic acids is 1. The normalized spacial score (nSPS) is 16.2. The van der Waals surface area contributed by atoms with Crippen molar-refractivity contribution >= 4 is 16.7 Å². The van der Waals surface area contributed by atoms with Crippen molar-refractivity contribution in [3.8, 4) is 0 Å². The van der Waals surface area contributed by atoms with Crippen LogP contribution in [0, 0.1) is 0 Å². The molecular weight excluding hydrogens is 362 g/mol. The molecule has 29 heavy (non-hydrogen) atoms. The van der Waals surface area contributed by atoms with E-state index in [4.69, 9.17) is 4.42 Å². The van der Waals surface area contributed by atoms with E-state index in [1.165, 1.54) is 0 Å². The summed E-state index contributed by atoms with van der Waals surface area (Å²) in [5.41, 5.74) is 0.729. The third-order valence-corrected chi connectivity index (χ3v) is 5.52. The first-order valence-corrected chi connectivity index (χ1v) is 10.4. The van der Waals surface area contributed by atoms with Gasteiger partial charge in [0.05, 0.1) is 12.7 Å². The number of benzene rings is 2. The fourth-order valence-corrected chi connectivity index (χ4v) is 3.76. The van der Waals surface area contributed by atoms with Crippen molar-refractivity contribution in [2.75, 3.05) is 26.2 Å². The van der Waals surface area contributed by atoms with E-state index < -0.39 is 0 Å². The van der Waals surface area contributed by atoms with Crippen LogP contribution in [0.1, 0.15) is 49.2 Å². The van der Waals surface area contributed by atoms with Gasteiger partial charge in [0, 0.05) is 37.2 Å². The van der Waals surface area contributed by atoms with Crippen LogP contribution in [-0.4, -0.2) is 46.9 Å². The van der Waals surface area contributed by atoms with Gasteiger partial charge in [-0.1, -0.05) is 51.1 Å². The molecule has 0 unspecified atom stereocenters. The summed E-state index contributed by atoms with van der Waals surface area (Å²) < 4.78 is 5.94. The fraction of sp³-hybridized carbons (Fsp3) is 0.417. The van der Waals surface area contributed by atoms with Gasteiger partial charge in [0.25, 0.3) is 5.91 Å². The second-order valence-electron chi connectivity index (χ2n) is 8.85. The Morgan fingerprint density at radius 2 is 1.83 bits per heavy atom. The first-order chi connectivity index (χ1) is 13.9. The molecule has 0 bridgehead atoms. The van der Waals surface area contributed by atoms with Gasteiger partial charge in [-0.2, -0.15) is 0 Å². The molecule has 0 saturated carbocycles. The standard InChI is InChI=1S/C24H29N3O2/c1-24(2,3)21-16-25-22(29-21)17-26-11-6-12-27(14-13-26)23(28)20-10-9-18-7-4-5-8-19(18)15-20/h4-5,7-10,15-16H,6,11-14,17H2,1-3H3. The maximum absolute atomic E-state index is 13.1. The van der Waals surface area contributed by atoms with Gasteiger partial charge in [0.1, 0.15) is 5.76 Å². The maximum atomic E-state index is 13.1. The molecule has 1 fully saturated rings. The van der Waals surface area contributed by atoms with Crippen LogP contribution in [0.25, 0.3) is 10.8 Å². The zero-order chi connectivity index (χ0) is 20.4. The van der Waals surface area contributed by atoms with Gasteiger partial charge in [0.2, 0.25) is 5.89 Å². The minimum absolute atomic E-state index is 0.0346. The molecule has 1 aliphatic rings. The van der Waals surface area contributed by atoms with Crippen LogP contribution in [0.5, 0.6) is 0 Å². The molecular formula is C24H29N3O2. The van der Waals surface area contributed by atoms with E-state index in [1.54, 1.807) is 0 Å². The molecule has 0 radical (unpaired) electrons. The van der Waals surface area contributed by atoms with E-state index in [0.717, 1.165) is 60.6 Å². The predicted molar refractivity (Wildman–Crippen MR) is 115 cm³/mol. The van der Waals surface area contributed by atoms with E-state index in [9.17, 15) is 4.79 Å². The van der Waals surface area contributed by atoms with Crippen LogP contribution < -0.4 is 0 Å². The molecule has 0 N–H and O–H groups in total. The number of oxazole rings is 1. The van der Waals surface area contributed by atoms with Gasteiger partial charge < -0.3 is 9.32 Å². The average molecular weight is 392 g/mol. The molecule has 5 heteroatoms. The zero-order valence-corrected chi connectivity index (χ0v) is 17.5. The van der Waals surface area contributed by atoms with Crippen LogP contribution in [0.4, 0.5) is 0 Å². The molecule has 1 saturated heterocycles. The number of hydrogen-bond acceptors (Lipinski definition) is 4. The van der Waals surface area contributed by atoms with E-state index >= 15 is 0 Å². The summed E-state index contributed by atoms with van der Waals surface area (Å²) >= 11 is 0. The van der Waals surface area contributed by atoms with Crippen LogP contribution >= 0.6 is 0 Å². The van der Waals surface area contributed by atoms with Crippen LogP contribution in [0.2, 0.25) is 0 Å². The van der Waals surface area contributed by atoms with E-state index in [-0.39, 0.29) is 11.3 Å². The molecule has 0 aliphatic carbocycles. The van der Waals surface area contributed by atoms with Gasteiger partial charge in [0.15, 0.2) is 0 Å². The fourth-order valence-electron chi connectivity index (χ4n) is 3.76. The molecule has 0 spiro atoms. The van der Waals surface area contributed by atoms with Crippen LogP contribution in [0.15, 0.2) is 53.1 Å². The van der Waals surface area contributed by atoms with Crippen LogP contribution in [-0.2, 0) is 12.0 Å². The quantitative estimate of drug-likeness (QED) is 0.661. The molecule has 5 nitrogen and oxygen atoms in total. The monoisotopic (exact) mass is 391 g/mol. The number of hydrogen-bond donors (Lipinski definition) is 0. The van der Waals surface area contributed by atoms with E-state index in [0.29, 0.717) is 6.54 Å². The van der Waals surface area contributed by atoms with Crippen molar-refractivity contribution in [3.05, 3.63) is 65.9 Å². The molecule has 2 heterocycles. The molecule has 152 valence electrons. The van der Waals surface area contributed by atoms with Gasteiger partial charge in [-0.05, 0) is 29.3 Å². The summed E-state index contributed by atoms with van der Waals surface area (Å²) in [6, 6.07) is 14.1. The van der Waals surface area contributed by atoms with Crippen molar-refractivity contribution in [1.29, 1.82) is 0 Å². The third kappa shape index (κ3) is 4.51. The molecule has 0 atom stereocenters. The van der Waals surface area contributed by atoms with Crippen molar-refractivity contribution in [2.24, 2.45) is 0 Å². The van der Waals surface area contributed by atoms with Gasteiger partial charge in [-0.15, -0.1) is 0 Å². The highest BCUT2D eigenvalue weighted by molar-refractivity contribution is 5.98. The van der Waals surface area contributed by atoms with Gasteiger partial charge in [-0.3, -0.25) is 9.69 Å². The Morgan fingerprint density at radius 3 is 2.59 bits per heavy atom. The Hall–Kier alpha value is -2.66. The first-order valence-electron chi connectivity index (χ1n) is 10.4. The molecule has 4 rings (SSSR count). The van der Waals surface area contributed by atoms with E-state index in [1.807, 2.05) is 41.4 Å². The SMILES string of the molecule is CC(C)(C)c1cnc(CN2CCCN(C(=O)c3ccc4ccccc4c3)CC2)o1. The summed E-state index contributed by atoms with van der Waals surface area (Å²) in [5, 5.41) is 2.26. The smallest absolute Gasteiger partial charge is 0.253 e. The molecule has 1 aliphatic heterocycles. The lowest BCUT2D eigenvalue weighted by Gasteiger charge is -2.21. The Kier molecular flexibility index (Phi) is 5.41. The van der Waals surface area contributed by atoms with E-state index in [2.05, 4.69) is 42.8 Å². The lowest BCUT2D eigenvalue weighted by molar-refractivity contribution is 0.0761. The molecule has 1 amide bonds. The number of fused-ring (bicyclic) bond motifs is 1. The summed E-state index contributed by atoms with van der Waals surface area (Å²) in [5.74, 6) is 1.78. The summed E-state index contributed by atoms with van der Waals surface area (Å²) in [7, 11) is 0. The Morgan fingerprint density at radius 1 is 1.03 bits per heavy atom. The zero-order valence-electron chi connectivity index (χ0n) is 17.5. The molecule has 1 aromatic heterocycles.